The number of likely N-dealkylation sites (tertiary alicyclic amines) is 1. The number of ether oxygens (including phenoxy) is 1. The average molecular weight is 547 g/mol. The number of rotatable bonds is 11. The molecule has 0 spiro atoms. The lowest BCUT2D eigenvalue weighted by Crippen LogP contribution is -2.61. The Bertz CT molecular complexity index is 1150. The van der Waals surface area contributed by atoms with E-state index in [1.165, 1.54) is 25.3 Å². The summed E-state index contributed by atoms with van der Waals surface area (Å²) in [6.45, 7) is 4.41. The minimum absolute atomic E-state index is 0.0181. The van der Waals surface area contributed by atoms with E-state index in [1.54, 1.807) is 0 Å². The molecule has 1 N–H and O–H groups in total. The highest BCUT2D eigenvalue weighted by Gasteiger charge is 2.53. The van der Waals surface area contributed by atoms with Crippen molar-refractivity contribution in [1.29, 1.82) is 0 Å². The Labute approximate surface area is 239 Å². The van der Waals surface area contributed by atoms with E-state index in [0.29, 0.717) is 18.6 Å². The predicted molar refractivity (Wildman–Crippen MR) is 157 cm³/mol. The van der Waals surface area contributed by atoms with Crippen molar-refractivity contribution in [3.63, 3.8) is 0 Å². The number of benzene rings is 2. The summed E-state index contributed by atoms with van der Waals surface area (Å²) in [5, 5.41) is 11.6. The van der Waals surface area contributed by atoms with Crippen LogP contribution in [0, 0.1) is 11.8 Å². The number of amides is 1. The van der Waals surface area contributed by atoms with Gasteiger partial charge in [-0.15, -0.1) is 0 Å². The first kappa shape index (κ1) is 28.8. The van der Waals surface area contributed by atoms with Gasteiger partial charge in [0, 0.05) is 50.9 Å². The molecule has 1 aliphatic heterocycles. The lowest BCUT2D eigenvalue weighted by molar-refractivity contribution is -0.137. The highest BCUT2D eigenvalue weighted by atomic mass is 16.5. The Kier molecular flexibility index (Phi) is 9.27. The van der Waals surface area contributed by atoms with E-state index in [9.17, 15) is 14.7 Å². The van der Waals surface area contributed by atoms with E-state index < -0.39 is 6.10 Å². The maximum Gasteiger partial charge on any atom is 0.308 e. The molecule has 5 rings (SSSR count). The van der Waals surface area contributed by atoms with Crippen LogP contribution in [0.2, 0.25) is 0 Å². The molecule has 0 aromatic heterocycles. The van der Waals surface area contributed by atoms with Crippen molar-refractivity contribution in [3.05, 3.63) is 65.7 Å². The zero-order valence-electron chi connectivity index (χ0n) is 24.3. The average Bonchev–Trinajstić information content (AvgIpc) is 3.77. The molecule has 1 amide bonds. The van der Waals surface area contributed by atoms with Gasteiger partial charge in [0.15, 0.2) is 0 Å². The molecular formula is C34H46N2O4. The number of unbranched alkanes of at least 4 members (excludes halogenated alkanes) is 2. The van der Waals surface area contributed by atoms with Crippen LogP contribution >= 0.6 is 0 Å². The van der Waals surface area contributed by atoms with Crippen molar-refractivity contribution < 1.29 is 19.4 Å². The molecule has 40 heavy (non-hydrogen) atoms. The molecule has 2 aromatic rings. The lowest BCUT2D eigenvalue weighted by atomic mass is 9.56. The number of nitrogens with zero attached hydrogens (tertiary/aromatic N) is 2. The number of aliphatic hydroxyl groups is 1. The molecule has 2 saturated carbocycles. The zero-order valence-corrected chi connectivity index (χ0v) is 24.3. The molecule has 2 aromatic carbocycles. The van der Waals surface area contributed by atoms with E-state index in [-0.39, 0.29) is 29.3 Å². The van der Waals surface area contributed by atoms with Gasteiger partial charge in [-0.3, -0.25) is 9.59 Å². The van der Waals surface area contributed by atoms with Crippen LogP contribution in [-0.2, 0) is 21.4 Å². The van der Waals surface area contributed by atoms with Crippen molar-refractivity contribution >= 4 is 11.9 Å². The lowest BCUT2D eigenvalue weighted by Gasteiger charge is -2.56. The van der Waals surface area contributed by atoms with E-state index in [4.69, 9.17) is 4.74 Å². The fourth-order valence-corrected chi connectivity index (χ4v) is 7.22. The van der Waals surface area contributed by atoms with Gasteiger partial charge >= 0.3 is 5.97 Å². The van der Waals surface area contributed by atoms with E-state index in [1.807, 2.05) is 36.2 Å². The summed E-state index contributed by atoms with van der Waals surface area (Å²) in [4.78, 5) is 29.5. The summed E-state index contributed by atoms with van der Waals surface area (Å²) in [7, 11) is 1.93. The Hall–Kier alpha value is -2.70. The van der Waals surface area contributed by atoms with Gasteiger partial charge < -0.3 is 19.6 Å². The number of hydrogen-bond donors (Lipinski definition) is 1. The maximum absolute atomic E-state index is 13.3. The predicted octanol–water partition coefficient (Wildman–Crippen LogP) is 5.37. The van der Waals surface area contributed by atoms with Crippen molar-refractivity contribution in [2.75, 3.05) is 26.7 Å². The summed E-state index contributed by atoms with van der Waals surface area (Å²) >= 11 is 0. The van der Waals surface area contributed by atoms with E-state index >= 15 is 0 Å². The molecule has 0 bridgehead atoms. The standard InChI is InChI=1S/C34H46N2O4/c1-25(37)40-30-14-9-13-28(20-30)34-18-19-36(23-27-16-17-27)24-31(34)32(38)21-29(22-34)35(2)33(39)15-8-4-7-12-26-10-5-3-6-11-26/h3,5-6,9-11,13-14,20,27,29,31-32,38H,4,7-8,12,15-19,21-24H2,1-2H3. The molecule has 1 saturated heterocycles. The molecule has 3 fully saturated rings. The third-order valence-electron chi connectivity index (χ3n) is 9.64. The van der Waals surface area contributed by atoms with Crippen LogP contribution in [0.15, 0.2) is 54.6 Å². The topological polar surface area (TPSA) is 70.1 Å². The number of carbonyl (C=O) groups excluding carboxylic acids is 2. The fourth-order valence-electron chi connectivity index (χ4n) is 7.22. The number of esters is 1. The van der Waals surface area contributed by atoms with Gasteiger partial charge in [-0.2, -0.15) is 0 Å². The summed E-state index contributed by atoms with van der Waals surface area (Å²) in [5.74, 6) is 1.29. The van der Waals surface area contributed by atoms with Crippen molar-refractivity contribution in [3.8, 4) is 5.75 Å². The number of aliphatic hydroxyl groups excluding tert-OH is 1. The summed E-state index contributed by atoms with van der Waals surface area (Å²) in [5.41, 5.74) is 2.21. The second-order valence-corrected chi connectivity index (χ2v) is 12.5. The van der Waals surface area contributed by atoms with Gasteiger partial charge in [0.1, 0.15) is 5.75 Å². The highest BCUT2D eigenvalue weighted by Crippen LogP contribution is 2.51. The van der Waals surface area contributed by atoms with Crippen LogP contribution in [-0.4, -0.2) is 65.6 Å². The number of carbonyl (C=O) groups is 2. The number of fused-ring (bicyclic) bond motifs is 1. The van der Waals surface area contributed by atoms with Crippen molar-refractivity contribution in [1.82, 2.24) is 9.80 Å². The first-order valence-electron chi connectivity index (χ1n) is 15.3. The van der Waals surface area contributed by atoms with Crippen LogP contribution < -0.4 is 4.74 Å². The second kappa shape index (κ2) is 12.9. The Morgan fingerprint density at radius 1 is 1.07 bits per heavy atom. The SMILES string of the molecule is CC(=O)Oc1cccc(C23CCN(CC4CC4)CC2C(O)CC(N(C)C(=O)CCCCCc2ccccc2)C3)c1. The number of piperidine rings is 1. The van der Waals surface area contributed by atoms with Gasteiger partial charge in [0.05, 0.1) is 6.10 Å². The molecule has 4 atom stereocenters. The van der Waals surface area contributed by atoms with Crippen molar-refractivity contribution in [2.24, 2.45) is 11.8 Å². The zero-order chi connectivity index (χ0) is 28.1. The summed E-state index contributed by atoms with van der Waals surface area (Å²) in [6, 6.07) is 18.4. The van der Waals surface area contributed by atoms with Crippen molar-refractivity contribution in [2.45, 2.75) is 88.7 Å². The van der Waals surface area contributed by atoms with Crippen LogP contribution in [0.3, 0.4) is 0 Å². The largest absolute Gasteiger partial charge is 0.427 e. The molecule has 216 valence electrons. The number of aryl methyl sites for hydroxylation is 1. The molecule has 6 heteroatoms. The fraction of sp³-hybridized carbons (Fsp3) is 0.588. The first-order valence-corrected chi connectivity index (χ1v) is 15.3. The van der Waals surface area contributed by atoms with Crippen LogP contribution in [0.4, 0.5) is 0 Å². The minimum Gasteiger partial charge on any atom is -0.427 e. The quantitative estimate of drug-likeness (QED) is 0.233. The highest BCUT2D eigenvalue weighted by molar-refractivity contribution is 5.76. The van der Waals surface area contributed by atoms with Gasteiger partial charge in [-0.1, -0.05) is 48.9 Å². The molecule has 3 aliphatic rings. The first-order chi connectivity index (χ1) is 19.3. The Balaban J connectivity index is 1.26. The molecule has 2 aliphatic carbocycles. The number of hydrogen-bond acceptors (Lipinski definition) is 5. The Morgan fingerprint density at radius 3 is 2.62 bits per heavy atom. The summed E-state index contributed by atoms with van der Waals surface area (Å²) < 4.78 is 5.46. The Morgan fingerprint density at radius 2 is 1.88 bits per heavy atom. The van der Waals surface area contributed by atoms with Crippen LogP contribution in [0.5, 0.6) is 5.75 Å². The normalized spacial score (nSPS) is 26.6. The van der Waals surface area contributed by atoms with Crippen LogP contribution in [0.25, 0.3) is 0 Å². The maximum atomic E-state index is 13.3. The van der Waals surface area contributed by atoms with E-state index in [0.717, 1.165) is 69.6 Å². The molecule has 4 unspecified atom stereocenters. The third-order valence-corrected chi connectivity index (χ3v) is 9.64. The molecule has 0 radical (unpaired) electrons. The van der Waals surface area contributed by atoms with E-state index in [2.05, 4.69) is 35.2 Å². The minimum atomic E-state index is -0.487. The molecular weight excluding hydrogens is 500 g/mol. The molecule has 6 nitrogen and oxygen atoms in total. The second-order valence-electron chi connectivity index (χ2n) is 12.5. The summed E-state index contributed by atoms with van der Waals surface area (Å²) in [6.07, 6.45) is 9.13. The van der Waals surface area contributed by atoms with Gasteiger partial charge in [-0.25, -0.2) is 0 Å². The smallest absolute Gasteiger partial charge is 0.308 e. The van der Waals surface area contributed by atoms with Crippen LogP contribution in [0.1, 0.15) is 75.8 Å². The van der Waals surface area contributed by atoms with Gasteiger partial charge in [-0.05, 0) is 87.1 Å². The van der Waals surface area contributed by atoms with Gasteiger partial charge in [0.25, 0.3) is 0 Å². The third kappa shape index (κ3) is 6.95. The molecule has 1 heterocycles. The monoisotopic (exact) mass is 546 g/mol. The van der Waals surface area contributed by atoms with Gasteiger partial charge in [0.2, 0.25) is 5.91 Å².